The van der Waals surface area contributed by atoms with Gasteiger partial charge in [-0.1, -0.05) is 32.1 Å². The summed E-state index contributed by atoms with van der Waals surface area (Å²) in [6.07, 6.45) is 9.61. The van der Waals surface area contributed by atoms with Crippen LogP contribution in [0.4, 0.5) is 0 Å². The molecule has 3 nitrogen and oxygen atoms in total. The van der Waals surface area contributed by atoms with Crippen LogP contribution in [0.25, 0.3) is 0 Å². The molecule has 0 spiro atoms. The second-order valence-corrected chi connectivity index (χ2v) is 5.36. The van der Waals surface area contributed by atoms with Gasteiger partial charge in [0.25, 0.3) is 0 Å². The number of nitrogens with two attached hydrogens (primary N) is 1. The average Bonchev–Trinajstić information content (AvgIpc) is 2.64. The minimum atomic E-state index is 0.571. The molecule has 96 valence electrons. The first-order valence-corrected chi connectivity index (χ1v) is 6.93. The summed E-state index contributed by atoms with van der Waals surface area (Å²) in [6.45, 7) is 2.63. The number of aromatic nitrogens is 2. The fourth-order valence-corrected chi connectivity index (χ4v) is 3.02. The topological polar surface area (TPSA) is 43.8 Å². The molecule has 0 amide bonds. The van der Waals surface area contributed by atoms with Crippen molar-refractivity contribution < 1.29 is 0 Å². The van der Waals surface area contributed by atoms with Gasteiger partial charge in [-0.2, -0.15) is 0 Å². The largest absolute Gasteiger partial charge is 0.335 e. The molecule has 2 N–H and O–H groups in total. The second kappa shape index (κ2) is 5.67. The standard InChI is InChI=1S/C14H25N3/c1-11-16-13(10-15)14(17(11)2)9-8-12-6-4-3-5-7-12/h12H,3-10,15H2,1-2H3. The number of aryl methyl sites for hydroxylation is 1. The lowest BCUT2D eigenvalue weighted by molar-refractivity contribution is 0.337. The Labute approximate surface area is 104 Å². The van der Waals surface area contributed by atoms with Crippen LogP contribution in [0.5, 0.6) is 0 Å². The third-order valence-electron chi connectivity index (χ3n) is 4.23. The van der Waals surface area contributed by atoms with Crippen LogP contribution in [-0.2, 0) is 20.0 Å². The lowest BCUT2D eigenvalue weighted by Crippen LogP contribution is -2.10. The predicted molar refractivity (Wildman–Crippen MR) is 70.7 cm³/mol. The van der Waals surface area contributed by atoms with Crippen molar-refractivity contribution >= 4 is 0 Å². The maximum absolute atomic E-state index is 5.77. The summed E-state index contributed by atoms with van der Waals surface area (Å²) in [5.74, 6) is 2.02. The van der Waals surface area contributed by atoms with Crippen molar-refractivity contribution in [3.63, 3.8) is 0 Å². The molecule has 17 heavy (non-hydrogen) atoms. The molecule has 1 aromatic heterocycles. The minimum Gasteiger partial charge on any atom is -0.335 e. The lowest BCUT2D eigenvalue weighted by Gasteiger charge is -2.21. The van der Waals surface area contributed by atoms with Crippen LogP contribution in [0.2, 0.25) is 0 Å². The summed E-state index contributed by atoms with van der Waals surface area (Å²) in [5.41, 5.74) is 8.22. The zero-order valence-electron chi connectivity index (χ0n) is 11.2. The van der Waals surface area contributed by atoms with E-state index in [2.05, 4.69) is 23.5 Å². The molecule has 2 rings (SSSR count). The summed E-state index contributed by atoms with van der Waals surface area (Å²) in [5, 5.41) is 0. The van der Waals surface area contributed by atoms with Crippen molar-refractivity contribution in [2.75, 3.05) is 0 Å². The van der Waals surface area contributed by atoms with Gasteiger partial charge in [0.05, 0.1) is 5.69 Å². The van der Waals surface area contributed by atoms with Crippen molar-refractivity contribution in [1.29, 1.82) is 0 Å². The van der Waals surface area contributed by atoms with Crippen LogP contribution in [0.1, 0.15) is 55.7 Å². The highest BCUT2D eigenvalue weighted by molar-refractivity contribution is 5.16. The Hall–Kier alpha value is -0.830. The van der Waals surface area contributed by atoms with Crippen molar-refractivity contribution in [2.24, 2.45) is 18.7 Å². The molecule has 1 heterocycles. The molecule has 1 aliphatic carbocycles. The Kier molecular flexibility index (Phi) is 4.21. The number of hydrogen-bond acceptors (Lipinski definition) is 2. The second-order valence-electron chi connectivity index (χ2n) is 5.36. The molecule has 0 radical (unpaired) electrons. The smallest absolute Gasteiger partial charge is 0.105 e. The SMILES string of the molecule is Cc1nc(CN)c(CCC2CCCCC2)n1C. The highest BCUT2D eigenvalue weighted by Gasteiger charge is 2.16. The van der Waals surface area contributed by atoms with Gasteiger partial charge in [-0.05, 0) is 25.7 Å². The summed E-state index contributed by atoms with van der Waals surface area (Å²) in [6, 6.07) is 0. The van der Waals surface area contributed by atoms with Gasteiger partial charge in [0.2, 0.25) is 0 Å². The lowest BCUT2D eigenvalue weighted by atomic mass is 9.85. The van der Waals surface area contributed by atoms with Crippen LogP contribution in [-0.4, -0.2) is 9.55 Å². The van der Waals surface area contributed by atoms with Crippen molar-refractivity contribution in [2.45, 2.75) is 58.4 Å². The monoisotopic (exact) mass is 235 g/mol. The molecule has 1 aromatic rings. The normalized spacial score (nSPS) is 17.6. The van der Waals surface area contributed by atoms with Crippen LogP contribution in [0.3, 0.4) is 0 Å². The van der Waals surface area contributed by atoms with E-state index in [4.69, 9.17) is 5.73 Å². The molecule has 0 unspecified atom stereocenters. The molecular weight excluding hydrogens is 210 g/mol. The van der Waals surface area contributed by atoms with Gasteiger partial charge < -0.3 is 10.3 Å². The van der Waals surface area contributed by atoms with E-state index in [1.165, 1.54) is 44.2 Å². The molecule has 0 atom stereocenters. The fourth-order valence-electron chi connectivity index (χ4n) is 3.02. The predicted octanol–water partition coefficient (Wildman–Crippen LogP) is 2.70. The van der Waals surface area contributed by atoms with E-state index >= 15 is 0 Å². The third kappa shape index (κ3) is 2.89. The van der Waals surface area contributed by atoms with Crippen LogP contribution < -0.4 is 5.73 Å². The highest BCUT2D eigenvalue weighted by atomic mass is 15.1. The van der Waals surface area contributed by atoms with Gasteiger partial charge in [0.15, 0.2) is 0 Å². The van der Waals surface area contributed by atoms with E-state index in [0.29, 0.717) is 6.54 Å². The van der Waals surface area contributed by atoms with Gasteiger partial charge in [-0.15, -0.1) is 0 Å². The van der Waals surface area contributed by atoms with Crippen molar-refractivity contribution in [3.05, 3.63) is 17.2 Å². The summed E-state index contributed by atoms with van der Waals surface area (Å²) < 4.78 is 2.21. The van der Waals surface area contributed by atoms with Crippen molar-refractivity contribution in [1.82, 2.24) is 9.55 Å². The summed E-state index contributed by atoms with van der Waals surface area (Å²) >= 11 is 0. The zero-order valence-corrected chi connectivity index (χ0v) is 11.2. The number of imidazole rings is 1. The summed E-state index contributed by atoms with van der Waals surface area (Å²) in [4.78, 5) is 4.53. The molecule has 0 saturated heterocycles. The quantitative estimate of drug-likeness (QED) is 0.872. The Morgan fingerprint density at radius 1 is 1.29 bits per heavy atom. The van der Waals surface area contributed by atoms with Gasteiger partial charge in [-0.3, -0.25) is 0 Å². The van der Waals surface area contributed by atoms with Gasteiger partial charge in [0.1, 0.15) is 5.82 Å². The molecule has 0 aliphatic heterocycles. The minimum absolute atomic E-state index is 0.571. The first-order chi connectivity index (χ1) is 8.22. The maximum Gasteiger partial charge on any atom is 0.105 e. The molecule has 1 fully saturated rings. The molecular formula is C14H25N3. The van der Waals surface area contributed by atoms with E-state index in [-0.39, 0.29) is 0 Å². The number of nitrogens with zero attached hydrogens (tertiary/aromatic N) is 2. The zero-order chi connectivity index (χ0) is 12.3. The Bertz CT molecular complexity index is 362. The Morgan fingerprint density at radius 2 is 2.00 bits per heavy atom. The van der Waals surface area contributed by atoms with Gasteiger partial charge in [-0.25, -0.2) is 4.98 Å². The molecule has 0 bridgehead atoms. The van der Waals surface area contributed by atoms with Crippen LogP contribution in [0.15, 0.2) is 0 Å². The first kappa shape index (κ1) is 12.6. The van der Waals surface area contributed by atoms with Crippen LogP contribution >= 0.6 is 0 Å². The van der Waals surface area contributed by atoms with Crippen molar-refractivity contribution in [3.8, 4) is 0 Å². The number of rotatable bonds is 4. The van der Waals surface area contributed by atoms with E-state index in [1.807, 2.05) is 0 Å². The molecule has 1 aliphatic rings. The summed E-state index contributed by atoms with van der Waals surface area (Å²) in [7, 11) is 2.11. The van der Waals surface area contributed by atoms with E-state index < -0.39 is 0 Å². The number of hydrogen-bond donors (Lipinski definition) is 1. The molecule has 0 aromatic carbocycles. The third-order valence-corrected chi connectivity index (χ3v) is 4.23. The molecule has 1 saturated carbocycles. The fraction of sp³-hybridized carbons (Fsp3) is 0.786. The van der Waals surface area contributed by atoms with Gasteiger partial charge >= 0.3 is 0 Å². The van der Waals surface area contributed by atoms with Gasteiger partial charge in [0, 0.05) is 19.3 Å². The van der Waals surface area contributed by atoms with E-state index in [9.17, 15) is 0 Å². The Morgan fingerprint density at radius 3 is 2.65 bits per heavy atom. The molecule has 3 heteroatoms. The first-order valence-electron chi connectivity index (χ1n) is 6.93. The average molecular weight is 235 g/mol. The van der Waals surface area contributed by atoms with Crippen LogP contribution in [0, 0.1) is 12.8 Å². The van der Waals surface area contributed by atoms with E-state index in [1.54, 1.807) is 0 Å². The Balaban J connectivity index is 1.97. The maximum atomic E-state index is 5.77. The van der Waals surface area contributed by atoms with E-state index in [0.717, 1.165) is 23.9 Å². The highest BCUT2D eigenvalue weighted by Crippen LogP contribution is 2.28.